The van der Waals surface area contributed by atoms with Gasteiger partial charge in [-0.2, -0.15) is 0 Å². The van der Waals surface area contributed by atoms with Crippen molar-refractivity contribution in [2.75, 3.05) is 6.54 Å². The quantitative estimate of drug-likeness (QED) is 0.546. The Balaban J connectivity index is 2.77. The molecule has 3 heteroatoms. The predicted molar refractivity (Wildman–Crippen MR) is 31.0 cm³/mol. The average Bonchev–Trinajstić information content (AvgIpc) is 2.37. The normalized spacial score (nSPS) is 9.44. The van der Waals surface area contributed by atoms with E-state index >= 15 is 0 Å². The standard InChI is InChI=1S/C6H6NO2/c7-4-5(8)6-2-1-3-9-6/h1-3,7H,4H2. The second-order valence-electron chi connectivity index (χ2n) is 1.58. The van der Waals surface area contributed by atoms with Crippen LogP contribution < -0.4 is 5.73 Å². The van der Waals surface area contributed by atoms with Crippen molar-refractivity contribution in [3.8, 4) is 0 Å². The lowest BCUT2D eigenvalue weighted by Gasteiger charge is -1.85. The van der Waals surface area contributed by atoms with E-state index in [0.29, 0.717) is 0 Å². The van der Waals surface area contributed by atoms with Crippen molar-refractivity contribution in [2.24, 2.45) is 0 Å². The van der Waals surface area contributed by atoms with E-state index in [-0.39, 0.29) is 18.1 Å². The number of rotatable bonds is 2. The van der Waals surface area contributed by atoms with E-state index < -0.39 is 0 Å². The number of hydrogen-bond acceptors (Lipinski definition) is 2. The average molecular weight is 124 g/mol. The van der Waals surface area contributed by atoms with E-state index in [1.807, 2.05) is 0 Å². The molecule has 0 saturated carbocycles. The molecule has 0 amide bonds. The van der Waals surface area contributed by atoms with Crippen molar-refractivity contribution in [1.82, 2.24) is 5.73 Å². The molecule has 3 nitrogen and oxygen atoms in total. The Morgan fingerprint density at radius 3 is 3.00 bits per heavy atom. The van der Waals surface area contributed by atoms with Gasteiger partial charge in [-0.05, 0) is 12.1 Å². The largest absolute Gasteiger partial charge is 0.461 e. The third-order valence-electron chi connectivity index (χ3n) is 0.957. The first kappa shape index (κ1) is 6.04. The molecule has 47 valence electrons. The summed E-state index contributed by atoms with van der Waals surface area (Å²) in [5.41, 5.74) is 6.68. The fraction of sp³-hybridized carbons (Fsp3) is 0.167. The van der Waals surface area contributed by atoms with Crippen molar-refractivity contribution in [2.45, 2.75) is 0 Å². The van der Waals surface area contributed by atoms with Crippen LogP contribution >= 0.6 is 0 Å². The highest BCUT2D eigenvalue weighted by molar-refractivity contribution is 5.94. The molecule has 0 bridgehead atoms. The molecule has 1 heterocycles. The molecule has 0 aliphatic heterocycles. The van der Waals surface area contributed by atoms with Gasteiger partial charge in [0.2, 0.25) is 5.78 Å². The summed E-state index contributed by atoms with van der Waals surface area (Å²) >= 11 is 0. The molecule has 0 spiro atoms. The Morgan fingerprint density at radius 2 is 2.56 bits per heavy atom. The number of carbonyl (C=O) groups is 1. The maximum atomic E-state index is 10.6. The molecule has 0 fully saturated rings. The molecule has 0 unspecified atom stereocenters. The second kappa shape index (κ2) is 2.46. The minimum Gasteiger partial charge on any atom is -0.461 e. The van der Waals surface area contributed by atoms with Crippen LogP contribution in [-0.4, -0.2) is 12.3 Å². The topological polar surface area (TPSA) is 54.0 Å². The van der Waals surface area contributed by atoms with Crippen molar-refractivity contribution in [3.63, 3.8) is 0 Å². The minimum atomic E-state index is -0.278. The third-order valence-corrected chi connectivity index (χ3v) is 0.957. The van der Waals surface area contributed by atoms with Crippen LogP contribution in [0, 0.1) is 0 Å². The van der Waals surface area contributed by atoms with E-state index in [9.17, 15) is 4.79 Å². The molecule has 9 heavy (non-hydrogen) atoms. The van der Waals surface area contributed by atoms with Crippen LogP contribution in [0.5, 0.6) is 0 Å². The molecule has 1 aromatic heterocycles. The van der Waals surface area contributed by atoms with Gasteiger partial charge in [-0.25, -0.2) is 5.73 Å². The summed E-state index contributed by atoms with van der Waals surface area (Å²) < 4.78 is 4.72. The molecule has 0 aliphatic rings. The van der Waals surface area contributed by atoms with Gasteiger partial charge in [0.15, 0.2) is 5.76 Å². The van der Waals surface area contributed by atoms with Gasteiger partial charge in [-0.1, -0.05) is 0 Å². The smallest absolute Gasteiger partial charge is 0.213 e. The lowest BCUT2D eigenvalue weighted by molar-refractivity contribution is 0.0973. The number of ketones is 1. The fourth-order valence-corrected chi connectivity index (χ4v) is 0.524. The zero-order chi connectivity index (χ0) is 6.69. The maximum Gasteiger partial charge on any atom is 0.213 e. The first-order valence-electron chi connectivity index (χ1n) is 2.56. The highest BCUT2D eigenvalue weighted by Crippen LogP contribution is 1.99. The maximum absolute atomic E-state index is 10.6. The third kappa shape index (κ3) is 1.17. The lowest BCUT2D eigenvalue weighted by Crippen LogP contribution is -2.03. The summed E-state index contributed by atoms with van der Waals surface area (Å²) in [7, 11) is 0. The van der Waals surface area contributed by atoms with E-state index in [1.54, 1.807) is 12.1 Å². The predicted octanol–water partition coefficient (Wildman–Crippen LogP) is 0.745. The number of hydrogen-bond donors (Lipinski definition) is 0. The van der Waals surface area contributed by atoms with Crippen molar-refractivity contribution < 1.29 is 9.21 Å². The highest BCUT2D eigenvalue weighted by Gasteiger charge is 2.03. The summed E-state index contributed by atoms with van der Waals surface area (Å²) in [6.45, 7) is -0.243. The Morgan fingerprint density at radius 1 is 1.78 bits per heavy atom. The summed E-state index contributed by atoms with van der Waals surface area (Å²) in [5.74, 6) is -0.00926. The van der Waals surface area contributed by atoms with Crippen molar-refractivity contribution in [1.29, 1.82) is 0 Å². The monoisotopic (exact) mass is 124 g/mol. The minimum absolute atomic E-state index is 0.243. The highest BCUT2D eigenvalue weighted by atomic mass is 16.3. The number of carbonyl (C=O) groups excluding carboxylic acids is 1. The van der Waals surface area contributed by atoms with Gasteiger partial charge in [0, 0.05) is 0 Å². The van der Waals surface area contributed by atoms with E-state index in [2.05, 4.69) is 0 Å². The fourth-order valence-electron chi connectivity index (χ4n) is 0.524. The van der Waals surface area contributed by atoms with Gasteiger partial charge in [0.1, 0.15) is 0 Å². The van der Waals surface area contributed by atoms with E-state index in [0.717, 1.165) is 0 Å². The van der Waals surface area contributed by atoms with Gasteiger partial charge >= 0.3 is 0 Å². The first-order valence-corrected chi connectivity index (χ1v) is 2.56. The van der Waals surface area contributed by atoms with Gasteiger partial charge in [-0.15, -0.1) is 0 Å². The van der Waals surface area contributed by atoms with Crippen LogP contribution in [0.15, 0.2) is 22.8 Å². The van der Waals surface area contributed by atoms with Crippen LogP contribution in [0.2, 0.25) is 0 Å². The molecule has 0 aliphatic carbocycles. The van der Waals surface area contributed by atoms with Crippen LogP contribution in [0.25, 0.3) is 0 Å². The van der Waals surface area contributed by atoms with Crippen molar-refractivity contribution in [3.05, 3.63) is 24.2 Å². The first-order chi connectivity index (χ1) is 4.34. The van der Waals surface area contributed by atoms with Gasteiger partial charge in [0.05, 0.1) is 12.8 Å². The Hall–Kier alpha value is -1.09. The van der Waals surface area contributed by atoms with Crippen LogP contribution in [-0.2, 0) is 0 Å². The summed E-state index contributed by atoms with van der Waals surface area (Å²) in [6.07, 6.45) is 1.42. The van der Waals surface area contributed by atoms with Gasteiger partial charge < -0.3 is 4.42 Å². The van der Waals surface area contributed by atoms with Crippen LogP contribution in [0.1, 0.15) is 10.6 Å². The van der Waals surface area contributed by atoms with E-state index in [1.165, 1.54) is 6.26 Å². The number of Topliss-reactive ketones (excluding diaryl/α,β-unsaturated/α-hetero) is 1. The molecule has 1 N–H and O–H groups in total. The van der Waals surface area contributed by atoms with Gasteiger partial charge in [-0.3, -0.25) is 4.79 Å². The molecule has 0 saturated heterocycles. The summed E-state index contributed by atoms with van der Waals surface area (Å²) in [6, 6.07) is 3.18. The zero-order valence-electron chi connectivity index (χ0n) is 4.76. The number of nitrogens with one attached hydrogen (secondary N) is 1. The summed E-state index contributed by atoms with van der Waals surface area (Å²) in [5, 5.41) is 0. The molecule has 0 aromatic carbocycles. The van der Waals surface area contributed by atoms with E-state index in [4.69, 9.17) is 10.2 Å². The SMILES string of the molecule is [NH]CC(=O)c1ccco1. The molecule has 0 atom stereocenters. The Bertz CT molecular complexity index is 191. The molecular weight excluding hydrogens is 118 g/mol. The Labute approximate surface area is 52.5 Å². The molecule has 1 radical (unpaired) electrons. The number of furan rings is 1. The van der Waals surface area contributed by atoms with Crippen molar-refractivity contribution >= 4 is 5.78 Å². The molecule has 1 rings (SSSR count). The summed E-state index contributed by atoms with van der Waals surface area (Å²) in [4.78, 5) is 10.6. The van der Waals surface area contributed by atoms with Gasteiger partial charge in [0.25, 0.3) is 0 Å². The van der Waals surface area contributed by atoms with Crippen LogP contribution in [0.3, 0.4) is 0 Å². The molecule has 1 aromatic rings. The van der Waals surface area contributed by atoms with Crippen LogP contribution in [0.4, 0.5) is 0 Å². The zero-order valence-corrected chi connectivity index (χ0v) is 4.76. The second-order valence-corrected chi connectivity index (χ2v) is 1.58. The molecular formula is C6H6NO2. The Kier molecular flexibility index (Phi) is 1.65. The lowest BCUT2D eigenvalue weighted by atomic mass is 10.3.